The van der Waals surface area contributed by atoms with Crippen LogP contribution in [0.2, 0.25) is 0 Å². The molecule has 2 aromatic heterocycles. The van der Waals surface area contributed by atoms with Crippen LogP contribution in [0.5, 0.6) is 0 Å². The molecule has 0 saturated carbocycles. The third-order valence-corrected chi connectivity index (χ3v) is 6.47. The number of imidazole rings is 1. The van der Waals surface area contributed by atoms with Crippen molar-refractivity contribution in [3.63, 3.8) is 0 Å². The summed E-state index contributed by atoms with van der Waals surface area (Å²) in [6, 6.07) is 9.91. The molecule has 0 unspecified atom stereocenters. The lowest BCUT2D eigenvalue weighted by atomic mass is 9.91. The van der Waals surface area contributed by atoms with Crippen LogP contribution in [-0.4, -0.2) is 40.5 Å². The molecule has 2 aromatic carbocycles. The van der Waals surface area contributed by atoms with Gasteiger partial charge in [-0.25, -0.2) is 4.52 Å². The molecule has 0 amide bonds. The number of rotatable bonds is 4. The summed E-state index contributed by atoms with van der Waals surface area (Å²) in [6.07, 6.45) is 0. The predicted octanol–water partition coefficient (Wildman–Crippen LogP) is 4.02. The van der Waals surface area contributed by atoms with E-state index in [0.717, 1.165) is 29.2 Å². The van der Waals surface area contributed by atoms with Gasteiger partial charge in [-0.2, -0.15) is 21.9 Å². The molecule has 11 nitrogen and oxygen atoms in total. The number of aromatic amines is 1. The number of nitrogens with zero attached hydrogens (tertiary/aromatic N) is 4. The van der Waals surface area contributed by atoms with E-state index in [9.17, 15) is 25.9 Å². The maximum absolute atomic E-state index is 11.8. The van der Waals surface area contributed by atoms with Crippen molar-refractivity contribution in [2.45, 2.75) is 36.0 Å². The van der Waals surface area contributed by atoms with Crippen LogP contribution in [0.25, 0.3) is 16.7 Å². The molecule has 0 atom stereocenters. The minimum atomic E-state index is -4.75. The number of hydrogen-bond donors (Lipinski definition) is 3. The molecule has 2 heterocycles. The Hall–Kier alpha value is -3.13. The van der Waals surface area contributed by atoms with Gasteiger partial charge in [0.2, 0.25) is 0 Å². The van der Waals surface area contributed by atoms with Crippen molar-refractivity contribution >= 4 is 48.3 Å². The Morgan fingerprint density at radius 3 is 2.28 bits per heavy atom. The second-order valence-electron chi connectivity index (χ2n) is 8.13. The Bertz CT molecular complexity index is 1610. The summed E-state index contributed by atoms with van der Waals surface area (Å²) in [7, 11) is -9.39. The molecule has 0 fully saturated rings. The molecule has 0 aliphatic rings. The number of H-pyrrole nitrogens is 1. The molecule has 0 spiro atoms. The first-order valence-electron chi connectivity index (χ1n) is 9.27. The molecular formula is C19H19N5O6S2. The molecule has 0 aliphatic heterocycles. The molecule has 4 aromatic rings. The van der Waals surface area contributed by atoms with E-state index in [-0.39, 0.29) is 0 Å². The minimum absolute atomic E-state index is 0.312. The molecule has 0 radical (unpaired) electrons. The van der Waals surface area contributed by atoms with Crippen molar-refractivity contribution < 1.29 is 25.9 Å². The van der Waals surface area contributed by atoms with Gasteiger partial charge >= 0.3 is 0 Å². The van der Waals surface area contributed by atoms with Gasteiger partial charge < -0.3 is 4.98 Å². The minimum Gasteiger partial charge on any atom is -0.336 e. The van der Waals surface area contributed by atoms with E-state index in [1.54, 1.807) is 4.52 Å². The Morgan fingerprint density at radius 2 is 1.66 bits per heavy atom. The van der Waals surface area contributed by atoms with Gasteiger partial charge in [-0.3, -0.25) is 9.11 Å². The number of azo groups is 1. The lowest BCUT2D eigenvalue weighted by Crippen LogP contribution is -2.12. The number of fused-ring (bicyclic) bond motifs is 3. The summed E-state index contributed by atoms with van der Waals surface area (Å²) < 4.78 is 67.0. The molecule has 4 rings (SSSR count). The maximum Gasteiger partial charge on any atom is 0.296 e. The normalized spacial score (nSPS) is 13.5. The fourth-order valence-electron chi connectivity index (χ4n) is 3.25. The third-order valence-electron chi connectivity index (χ3n) is 4.72. The second-order valence-corrected chi connectivity index (χ2v) is 10.9. The molecule has 32 heavy (non-hydrogen) atoms. The van der Waals surface area contributed by atoms with Gasteiger partial charge in [-0.1, -0.05) is 32.9 Å². The third kappa shape index (κ3) is 3.90. The maximum atomic E-state index is 11.8. The van der Waals surface area contributed by atoms with E-state index >= 15 is 0 Å². The van der Waals surface area contributed by atoms with E-state index in [4.69, 9.17) is 0 Å². The van der Waals surface area contributed by atoms with Gasteiger partial charge in [-0.05, 0) is 30.3 Å². The topological polar surface area (TPSA) is 167 Å². The van der Waals surface area contributed by atoms with Crippen LogP contribution in [0.4, 0.5) is 11.4 Å². The van der Waals surface area contributed by atoms with E-state index < -0.39 is 41.1 Å². The van der Waals surface area contributed by atoms with E-state index in [2.05, 4.69) is 20.3 Å². The van der Waals surface area contributed by atoms with Crippen LogP contribution in [0, 0.1) is 0 Å². The van der Waals surface area contributed by atoms with Crippen LogP contribution in [0.15, 0.2) is 62.5 Å². The van der Waals surface area contributed by atoms with Crippen molar-refractivity contribution in [1.29, 1.82) is 0 Å². The quantitative estimate of drug-likeness (QED) is 0.295. The predicted molar refractivity (Wildman–Crippen MR) is 116 cm³/mol. The number of benzene rings is 2. The van der Waals surface area contributed by atoms with Crippen molar-refractivity contribution in [1.82, 2.24) is 14.6 Å². The van der Waals surface area contributed by atoms with Crippen molar-refractivity contribution in [2.75, 3.05) is 0 Å². The van der Waals surface area contributed by atoms with Crippen molar-refractivity contribution in [3.8, 4) is 0 Å². The van der Waals surface area contributed by atoms with Crippen molar-refractivity contribution in [2.24, 2.45) is 10.2 Å². The number of hydrogen-bond acceptors (Lipinski definition) is 7. The first kappa shape index (κ1) is 22.1. The second kappa shape index (κ2) is 7.20. The summed E-state index contributed by atoms with van der Waals surface area (Å²) in [5, 5.41) is 12.7. The molecule has 13 heteroatoms. The van der Waals surface area contributed by atoms with Gasteiger partial charge in [-0.15, -0.1) is 10.2 Å². The highest BCUT2D eigenvalue weighted by Crippen LogP contribution is 2.37. The average Bonchev–Trinajstić information content (AvgIpc) is 3.21. The lowest BCUT2D eigenvalue weighted by molar-refractivity contribution is 0.478. The Morgan fingerprint density at radius 1 is 0.969 bits per heavy atom. The summed E-state index contributed by atoms with van der Waals surface area (Å²) >= 11 is 0. The monoisotopic (exact) mass is 477 g/mol. The first-order valence-corrected chi connectivity index (χ1v) is 12.2. The smallest absolute Gasteiger partial charge is 0.296 e. The molecule has 0 bridgehead atoms. The Balaban J connectivity index is 1.98. The molecule has 3 N–H and O–H groups in total. The lowest BCUT2D eigenvalue weighted by Gasteiger charge is -2.15. The Kier molecular flexibility index (Phi) is 4.97. The largest absolute Gasteiger partial charge is 0.336 e. The highest BCUT2D eigenvalue weighted by Gasteiger charge is 2.27. The van der Waals surface area contributed by atoms with E-state index in [1.165, 1.54) is 0 Å². The molecular weight excluding hydrogens is 458 g/mol. The summed E-state index contributed by atoms with van der Waals surface area (Å²) in [5.74, 6) is 0. The number of para-hydroxylation sites is 2. The van der Waals surface area contributed by atoms with Crippen LogP contribution < -0.4 is 0 Å². The van der Waals surface area contributed by atoms with Crippen LogP contribution in [0.1, 0.15) is 26.5 Å². The highest BCUT2D eigenvalue weighted by molar-refractivity contribution is 7.86. The summed E-state index contributed by atoms with van der Waals surface area (Å²) in [6.45, 7) is 5.75. The van der Waals surface area contributed by atoms with Crippen LogP contribution in [0.3, 0.4) is 0 Å². The molecule has 0 saturated heterocycles. The van der Waals surface area contributed by atoms with Crippen LogP contribution in [-0.2, 0) is 25.7 Å². The zero-order chi connectivity index (χ0) is 23.5. The molecule has 0 aliphatic carbocycles. The first-order chi connectivity index (χ1) is 14.8. The Labute approximate surface area is 183 Å². The number of nitrogens with one attached hydrogen (secondary N) is 1. The highest BCUT2D eigenvalue weighted by atomic mass is 32.2. The standard InChI is InChI=1S/C19H19N5O6S2/c1-19(2,3)17-16(18-20-12-6-4-5-7-14(12)24(18)23-17)22-21-13-10-11(31(25,26)27)8-9-15(13)32(28,29)30/h4-10,20H,1-3H3,(H,25,26,27)(H,28,29,30)/b22-21+. The van der Waals surface area contributed by atoms with Gasteiger partial charge in [0.1, 0.15) is 10.6 Å². The zero-order valence-corrected chi connectivity index (χ0v) is 18.8. The van der Waals surface area contributed by atoms with E-state index in [1.807, 2.05) is 45.0 Å². The zero-order valence-electron chi connectivity index (χ0n) is 17.2. The molecule has 168 valence electrons. The summed E-state index contributed by atoms with van der Waals surface area (Å²) in [4.78, 5) is 1.94. The van der Waals surface area contributed by atoms with Crippen molar-refractivity contribution in [3.05, 3.63) is 48.2 Å². The van der Waals surface area contributed by atoms with Gasteiger partial charge in [0.15, 0.2) is 11.3 Å². The van der Waals surface area contributed by atoms with Crippen LogP contribution >= 0.6 is 0 Å². The fraction of sp³-hybridized carbons (Fsp3) is 0.211. The average molecular weight is 478 g/mol. The van der Waals surface area contributed by atoms with Gasteiger partial charge in [0.05, 0.1) is 21.6 Å². The number of aromatic nitrogens is 3. The van der Waals surface area contributed by atoms with Gasteiger partial charge in [0, 0.05) is 5.41 Å². The van der Waals surface area contributed by atoms with E-state index in [0.29, 0.717) is 17.0 Å². The van der Waals surface area contributed by atoms with Gasteiger partial charge in [0.25, 0.3) is 20.2 Å². The summed E-state index contributed by atoms with van der Waals surface area (Å²) in [5.41, 5.74) is 2.02. The fourth-order valence-corrected chi connectivity index (χ4v) is 4.35. The SMILES string of the molecule is CC(C)(C)c1nn2c([nH]c3ccccc32)c1/N=N/c1cc(S(=O)(=O)O)ccc1S(=O)(=O)O.